The number of nitro groups is 1. The van der Waals surface area contributed by atoms with Gasteiger partial charge in [0.1, 0.15) is 15.8 Å². The van der Waals surface area contributed by atoms with Gasteiger partial charge in [0, 0.05) is 6.07 Å². The second-order valence-electron chi connectivity index (χ2n) is 3.32. The molecular weight excluding hydrogens is 283 g/mol. The predicted octanol–water partition coefficient (Wildman–Crippen LogP) is 2.16. The summed E-state index contributed by atoms with van der Waals surface area (Å²) in [7, 11) is 0. The minimum Gasteiger partial charge on any atom is -0.267 e. The van der Waals surface area contributed by atoms with E-state index in [2.05, 4.69) is 0 Å². The number of halogens is 2. The average molecular weight is 287 g/mol. The second kappa shape index (κ2) is 4.40. The number of hydrogen-bond acceptors (Lipinski definition) is 4. The number of imide groups is 1. The van der Waals surface area contributed by atoms with E-state index in [1.54, 1.807) is 0 Å². The van der Waals surface area contributed by atoms with Gasteiger partial charge in [0.2, 0.25) is 0 Å². The summed E-state index contributed by atoms with van der Waals surface area (Å²) >= 11 is 11.1. The molecule has 2 rings (SSSR count). The topological polar surface area (TPSA) is 80.5 Å². The van der Waals surface area contributed by atoms with Crippen LogP contribution in [0.2, 0.25) is 0 Å². The highest BCUT2D eigenvalue weighted by Gasteiger charge is 2.40. The number of anilines is 1. The number of carbonyl (C=O) groups is 2. The van der Waals surface area contributed by atoms with Gasteiger partial charge in [0.25, 0.3) is 17.5 Å². The van der Waals surface area contributed by atoms with Crippen LogP contribution in [0.1, 0.15) is 0 Å². The Morgan fingerprint density at radius 3 is 2.06 bits per heavy atom. The summed E-state index contributed by atoms with van der Waals surface area (Å²) < 4.78 is 0. The molecular formula is C10H4Cl2N2O4. The van der Waals surface area contributed by atoms with Gasteiger partial charge in [0.05, 0.1) is 4.92 Å². The molecule has 0 saturated heterocycles. The molecule has 1 aromatic rings. The normalized spacial score (nSPS) is 15.6. The number of carbonyl (C=O) groups excluding carboxylic acids is 2. The van der Waals surface area contributed by atoms with E-state index in [9.17, 15) is 19.7 Å². The molecule has 1 aliphatic heterocycles. The summed E-state index contributed by atoms with van der Waals surface area (Å²) in [6, 6.07) is 5.33. The lowest BCUT2D eigenvalue weighted by atomic mass is 10.2. The van der Waals surface area contributed by atoms with E-state index in [1.807, 2.05) is 0 Å². The molecule has 0 N–H and O–H groups in total. The van der Waals surface area contributed by atoms with Gasteiger partial charge in [-0.05, 0) is 6.07 Å². The zero-order valence-corrected chi connectivity index (χ0v) is 10.1. The molecule has 0 radical (unpaired) electrons. The summed E-state index contributed by atoms with van der Waals surface area (Å²) in [5.41, 5.74) is -0.540. The molecule has 92 valence electrons. The highest BCUT2D eigenvalue weighted by Crippen LogP contribution is 2.35. The van der Waals surface area contributed by atoms with Crippen molar-refractivity contribution in [2.75, 3.05) is 4.90 Å². The number of benzene rings is 1. The Bertz CT molecular complexity index is 588. The van der Waals surface area contributed by atoms with Crippen LogP contribution in [-0.4, -0.2) is 16.7 Å². The smallest absolute Gasteiger partial charge is 0.267 e. The lowest BCUT2D eigenvalue weighted by Gasteiger charge is -2.13. The van der Waals surface area contributed by atoms with Crippen LogP contribution in [0.4, 0.5) is 11.4 Å². The third-order valence-corrected chi connectivity index (χ3v) is 3.09. The van der Waals surface area contributed by atoms with Crippen molar-refractivity contribution in [3.8, 4) is 0 Å². The van der Waals surface area contributed by atoms with Crippen molar-refractivity contribution < 1.29 is 14.5 Å². The quantitative estimate of drug-likeness (QED) is 0.474. The first-order valence-electron chi connectivity index (χ1n) is 4.62. The van der Waals surface area contributed by atoms with Crippen molar-refractivity contribution in [2.45, 2.75) is 0 Å². The van der Waals surface area contributed by atoms with Crippen LogP contribution in [0.3, 0.4) is 0 Å². The van der Waals surface area contributed by atoms with E-state index in [0.717, 1.165) is 0 Å². The van der Waals surface area contributed by atoms with E-state index in [4.69, 9.17) is 23.2 Å². The third-order valence-electron chi connectivity index (χ3n) is 2.29. The monoisotopic (exact) mass is 286 g/mol. The molecule has 1 aromatic carbocycles. The Labute approximate surface area is 111 Å². The molecule has 0 spiro atoms. The van der Waals surface area contributed by atoms with Crippen LogP contribution < -0.4 is 4.90 Å². The van der Waals surface area contributed by atoms with Crippen molar-refractivity contribution in [1.82, 2.24) is 0 Å². The van der Waals surface area contributed by atoms with Crippen LogP contribution >= 0.6 is 23.2 Å². The molecule has 0 bridgehead atoms. The number of rotatable bonds is 2. The maximum Gasteiger partial charge on any atom is 0.293 e. The molecule has 0 saturated carbocycles. The van der Waals surface area contributed by atoms with E-state index < -0.39 is 26.8 Å². The SMILES string of the molecule is O=C1C(Cl)=C(Cl)C(=O)N1c1ccccc1[N+](=O)[O-]. The molecule has 1 heterocycles. The summed E-state index contributed by atoms with van der Waals surface area (Å²) in [5.74, 6) is -1.75. The summed E-state index contributed by atoms with van der Waals surface area (Å²) in [6.07, 6.45) is 0. The summed E-state index contributed by atoms with van der Waals surface area (Å²) in [5, 5.41) is 9.94. The fourth-order valence-electron chi connectivity index (χ4n) is 1.50. The molecule has 1 aliphatic rings. The highest BCUT2D eigenvalue weighted by atomic mass is 35.5. The van der Waals surface area contributed by atoms with E-state index in [0.29, 0.717) is 4.90 Å². The number of nitro benzene ring substituents is 1. The molecule has 0 atom stereocenters. The van der Waals surface area contributed by atoms with Crippen molar-refractivity contribution >= 4 is 46.4 Å². The molecule has 0 aliphatic carbocycles. The minimum absolute atomic E-state index is 0.161. The average Bonchev–Trinajstić information content (AvgIpc) is 2.54. The largest absolute Gasteiger partial charge is 0.293 e. The molecule has 18 heavy (non-hydrogen) atoms. The zero-order chi connectivity index (χ0) is 13.4. The second-order valence-corrected chi connectivity index (χ2v) is 4.08. The lowest BCUT2D eigenvalue weighted by Crippen LogP contribution is -2.31. The maximum absolute atomic E-state index is 11.7. The highest BCUT2D eigenvalue weighted by molar-refractivity contribution is 6.62. The van der Waals surface area contributed by atoms with E-state index >= 15 is 0 Å². The van der Waals surface area contributed by atoms with E-state index in [-0.39, 0.29) is 11.4 Å². The number of amides is 2. The number of para-hydroxylation sites is 2. The van der Waals surface area contributed by atoms with Gasteiger partial charge in [-0.15, -0.1) is 0 Å². The predicted molar refractivity (Wildman–Crippen MR) is 64.3 cm³/mol. The van der Waals surface area contributed by atoms with Gasteiger partial charge in [-0.2, -0.15) is 0 Å². The van der Waals surface area contributed by atoms with Crippen LogP contribution in [0, 0.1) is 10.1 Å². The zero-order valence-electron chi connectivity index (χ0n) is 8.59. The van der Waals surface area contributed by atoms with Gasteiger partial charge < -0.3 is 0 Å². The summed E-state index contributed by atoms with van der Waals surface area (Å²) in [6.45, 7) is 0. The van der Waals surface area contributed by atoms with Gasteiger partial charge in [-0.3, -0.25) is 19.7 Å². The Kier molecular flexibility index (Phi) is 3.06. The molecule has 0 unspecified atom stereocenters. The lowest BCUT2D eigenvalue weighted by molar-refractivity contribution is -0.384. The van der Waals surface area contributed by atoms with Gasteiger partial charge >= 0.3 is 0 Å². The fraction of sp³-hybridized carbons (Fsp3) is 0. The standard InChI is InChI=1S/C10H4Cl2N2O4/c11-7-8(12)10(16)13(9(7)15)5-3-1-2-4-6(5)14(17)18/h1-4H. The minimum atomic E-state index is -0.874. The summed E-state index contributed by atoms with van der Waals surface area (Å²) in [4.78, 5) is 34.1. The Hall–Kier alpha value is -1.92. The fourth-order valence-corrected chi connectivity index (χ4v) is 1.83. The van der Waals surface area contributed by atoms with Crippen LogP contribution in [-0.2, 0) is 9.59 Å². The van der Waals surface area contributed by atoms with Crippen LogP contribution in [0.5, 0.6) is 0 Å². The van der Waals surface area contributed by atoms with Crippen LogP contribution in [0.15, 0.2) is 34.3 Å². The Morgan fingerprint density at radius 1 is 1.06 bits per heavy atom. The first kappa shape index (κ1) is 12.5. The Morgan fingerprint density at radius 2 is 1.56 bits per heavy atom. The van der Waals surface area contributed by atoms with Crippen molar-refractivity contribution in [3.63, 3.8) is 0 Å². The maximum atomic E-state index is 11.7. The first-order valence-corrected chi connectivity index (χ1v) is 5.38. The molecule has 6 nitrogen and oxygen atoms in total. The van der Waals surface area contributed by atoms with Crippen molar-refractivity contribution in [2.24, 2.45) is 0 Å². The Balaban J connectivity index is 2.56. The van der Waals surface area contributed by atoms with E-state index in [1.165, 1.54) is 24.3 Å². The van der Waals surface area contributed by atoms with Gasteiger partial charge in [-0.1, -0.05) is 35.3 Å². The first-order chi connectivity index (χ1) is 8.45. The number of nitrogens with zero attached hydrogens (tertiary/aromatic N) is 2. The molecule has 2 amide bonds. The third kappa shape index (κ3) is 1.75. The molecule has 0 fully saturated rings. The van der Waals surface area contributed by atoms with Crippen molar-refractivity contribution in [3.05, 3.63) is 44.4 Å². The van der Waals surface area contributed by atoms with Crippen LogP contribution in [0.25, 0.3) is 0 Å². The molecule has 0 aromatic heterocycles. The molecule has 8 heteroatoms. The van der Waals surface area contributed by atoms with Gasteiger partial charge in [-0.25, -0.2) is 4.90 Å². The van der Waals surface area contributed by atoms with Gasteiger partial charge in [0.15, 0.2) is 0 Å². The van der Waals surface area contributed by atoms with Crippen molar-refractivity contribution in [1.29, 1.82) is 0 Å². The number of hydrogen-bond donors (Lipinski definition) is 0.